The number of hydrogen-bond acceptors (Lipinski definition) is 3. The van der Waals surface area contributed by atoms with Gasteiger partial charge in [0, 0.05) is 0 Å². The molecule has 3 nitrogen and oxygen atoms in total. The van der Waals surface area contributed by atoms with E-state index in [9.17, 15) is 4.79 Å². The lowest BCUT2D eigenvalue weighted by Gasteiger charge is -2.05. The molecule has 0 bridgehead atoms. The Morgan fingerprint density at radius 3 is 1.85 bits per heavy atom. The van der Waals surface area contributed by atoms with Crippen LogP contribution in [0.4, 0.5) is 0 Å². The van der Waals surface area contributed by atoms with E-state index in [-0.39, 0.29) is 0 Å². The minimum absolute atomic E-state index is 0.416. The highest BCUT2D eigenvalue weighted by Gasteiger charge is 2.07. The first kappa shape index (κ1) is 23.7. The molecule has 27 heavy (non-hydrogen) atoms. The molecule has 0 atom stereocenters. The molecule has 0 N–H and O–H groups in total. The normalized spacial score (nSPS) is 10.9. The van der Waals surface area contributed by atoms with Crippen molar-refractivity contribution in [1.29, 1.82) is 0 Å². The minimum Gasteiger partial charge on any atom is -0.293 e. The molecule has 0 saturated carbocycles. The molecule has 0 aromatic heterocycles. The van der Waals surface area contributed by atoms with E-state index in [2.05, 4.69) is 6.92 Å². The van der Waals surface area contributed by atoms with Gasteiger partial charge in [-0.05, 0) is 25.5 Å². The lowest BCUT2D eigenvalue weighted by atomic mass is 10.0. The summed E-state index contributed by atoms with van der Waals surface area (Å²) in [6.45, 7) is 6.31. The van der Waals surface area contributed by atoms with Gasteiger partial charge < -0.3 is 0 Å². The summed E-state index contributed by atoms with van der Waals surface area (Å²) in [5.41, 5.74) is 1.57. The first-order chi connectivity index (χ1) is 13.2. The molecule has 0 unspecified atom stereocenters. The second-order valence-electron chi connectivity index (χ2n) is 7.51. The van der Waals surface area contributed by atoms with Gasteiger partial charge in [0.15, 0.2) is 0 Å². The molecule has 3 heteroatoms. The van der Waals surface area contributed by atoms with Crippen LogP contribution in [-0.2, 0) is 9.78 Å². The molecular weight excluding hydrogens is 336 g/mol. The summed E-state index contributed by atoms with van der Waals surface area (Å²) in [5.74, 6) is -0.416. The van der Waals surface area contributed by atoms with Gasteiger partial charge in [-0.1, -0.05) is 108 Å². The molecule has 0 spiro atoms. The summed E-state index contributed by atoms with van der Waals surface area (Å²) in [5, 5.41) is 0. The second kappa shape index (κ2) is 16.8. The van der Waals surface area contributed by atoms with Crippen LogP contribution in [0.1, 0.15) is 106 Å². The summed E-state index contributed by atoms with van der Waals surface area (Å²) in [6, 6.07) is 7.33. The zero-order valence-electron chi connectivity index (χ0n) is 17.3. The Bertz CT molecular complexity index is 484. The quantitative estimate of drug-likeness (QED) is 0.162. The molecule has 153 valence electrons. The Labute approximate surface area is 166 Å². The first-order valence-corrected chi connectivity index (χ1v) is 10.9. The third kappa shape index (κ3) is 13.5. The van der Waals surface area contributed by atoms with E-state index in [4.69, 9.17) is 9.78 Å². The van der Waals surface area contributed by atoms with Crippen molar-refractivity contribution in [3.63, 3.8) is 0 Å². The van der Waals surface area contributed by atoms with E-state index in [1.165, 1.54) is 70.6 Å². The number of aryl methyl sites for hydroxylation is 1. The summed E-state index contributed by atoms with van der Waals surface area (Å²) >= 11 is 0. The Kier molecular flexibility index (Phi) is 14.7. The number of benzene rings is 1. The second-order valence-corrected chi connectivity index (χ2v) is 7.51. The third-order valence-corrected chi connectivity index (χ3v) is 4.87. The monoisotopic (exact) mass is 375 g/mol. The van der Waals surface area contributed by atoms with Crippen LogP contribution in [0.3, 0.4) is 0 Å². The number of carbonyl (C=O) groups is 1. The molecule has 1 radical (unpaired) electrons. The topological polar surface area (TPSA) is 35.5 Å². The molecule has 0 amide bonds. The summed E-state index contributed by atoms with van der Waals surface area (Å²) in [6.07, 6.45) is 18.0. The number of hydrogen-bond donors (Lipinski definition) is 0. The Balaban J connectivity index is 1.81. The van der Waals surface area contributed by atoms with Crippen LogP contribution < -0.4 is 0 Å². The zero-order chi connectivity index (χ0) is 19.6. The van der Waals surface area contributed by atoms with Gasteiger partial charge in [0.25, 0.3) is 0 Å². The van der Waals surface area contributed by atoms with Crippen LogP contribution >= 0.6 is 0 Å². The average molecular weight is 376 g/mol. The summed E-state index contributed by atoms with van der Waals surface area (Å²) in [7, 11) is 0. The standard InChI is InChI=1S/C24H39O3/c1-3-4-5-6-7-8-9-10-11-12-13-14-15-16-20-26-27-24(25)23-19-17-18-22(2)21-23/h17-19,21H,1,3-16,20H2,2H3. The van der Waals surface area contributed by atoms with Crippen LogP contribution in [0, 0.1) is 13.8 Å². The number of rotatable bonds is 17. The highest BCUT2D eigenvalue weighted by atomic mass is 17.2. The smallest absolute Gasteiger partial charge is 0.293 e. The number of carbonyl (C=O) groups excluding carboxylic acids is 1. The molecular formula is C24H39O3. The molecule has 0 aliphatic heterocycles. The van der Waals surface area contributed by atoms with Crippen molar-refractivity contribution in [2.24, 2.45) is 0 Å². The maximum Gasteiger partial charge on any atom is 0.373 e. The van der Waals surface area contributed by atoms with E-state index >= 15 is 0 Å². The molecule has 0 aliphatic carbocycles. The van der Waals surface area contributed by atoms with Crippen LogP contribution in [0.25, 0.3) is 0 Å². The SMILES string of the molecule is [CH2]CCCCCCCCCCCCCCCOOC(=O)c1cccc(C)c1. The van der Waals surface area contributed by atoms with Crippen molar-refractivity contribution in [2.45, 2.75) is 96.8 Å². The van der Waals surface area contributed by atoms with E-state index in [1.807, 2.05) is 19.1 Å². The largest absolute Gasteiger partial charge is 0.373 e. The molecule has 0 aliphatic rings. The van der Waals surface area contributed by atoms with Crippen LogP contribution in [-0.4, -0.2) is 12.6 Å². The van der Waals surface area contributed by atoms with Gasteiger partial charge in [-0.2, -0.15) is 4.89 Å². The molecule has 0 heterocycles. The maximum absolute atomic E-state index is 11.8. The summed E-state index contributed by atoms with van der Waals surface area (Å²) in [4.78, 5) is 21.7. The van der Waals surface area contributed by atoms with Crippen LogP contribution in [0.15, 0.2) is 24.3 Å². The number of unbranched alkanes of at least 4 members (excludes halogenated alkanes) is 13. The lowest BCUT2D eigenvalue weighted by molar-refractivity contribution is -0.241. The van der Waals surface area contributed by atoms with Gasteiger partial charge in [0.1, 0.15) is 0 Å². The highest BCUT2D eigenvalue weighted by molar-refractivity contribution is 5.89. The fraction of sp³-hybridized carbons (Fsp3) is 0.667. The molecule has 0 fully saturated rings. The molecule has 0 saturated heterocycles. The Hall–Kier alpha value is -1.35. The Morgan fingerprint density at radius 2 is 1.33 bits per heavy atom. The van der Waals surface area contributed by atoms with Crippen LogP contribution in [0.5, 0.6) is 0 Å². The predicted molar refractivity (Wildman–Crippen MR) is 113 cm³/mol. The van der Waals surface area contributed by atoms with Crippen molar-refractivity contribution in [3.8, 4) is 0 Å². The lowest BCUT2D eigenvalue weighted by Crippen LogP contribution is -2.07. The van der Waals surface area contributed by atoms with Gasteiger partial charge in [-0.25, -0.2) is 4.79 Å². The van der Waals surface area contributed by atoms with E-state index in [0.717, 1.165) is 24.8 Å². The maximum atomic E-state index is 11.8. The van der Waals surface area contributed by atoms with Crippen molar-refractivity contribution >= 4 is 5.97 Å². The van der Waals surface area contributed by atoms with Gasteiger partial charge in [-0.15, -0.1) is 0 Å². The van der Waals surface area contributed by atoms with Gasteiger partial charge in [-0.3, -0.25) is 4.89 Å². The molecule has 1 aromatic rings. The first-order valence-electron chi connectivity index (χ1n) is 10.9. The van der Waals surface area contributed by atoms with E-state index < -0.39 is 5.97 Å². The molecule has 1 rings (SSSR count). The van der Waals surface area contributed by atoms with Crippen molar-refractivity contribution in [1.82, 2.24) is 0 Å². The van der Waals surface area contributed by atoms with Gasteiger partial charge in [0.2, 0.25) is 0 Å². The van der Waals surface area contributed by atoms with E-state index in [0.29, 0.717) is 12.2 Å². The summed E-state index contributed by atoms with van der Waals surface area (Å²) < 4.78 is 0. The van der Waals surface area contributed by atoms with Gasteiger partial charge >= 0.3 is 5.97 Å². The minimum atomic E-state index is -0.416. The van der Waals surface area contributed by atoms with Crippen LogP contribution in [0.2, 0.25) is 0 Å². The predicted octanol–water partition coefficient (Wildman–Crippen LogP) is 7.38. The van der Waals surface area contributed by atoms with Crippen molar-refractivity contribution in [3.05, 3.63) is 42.3 Å². The molecule has 1 aromatic carbocycles. The average Bonchev–Trinajstić information content (AvgIpc) is 2.67. The highest BCUT2D eigenvalue weighted by Crippen LogP contribution is 2.13. The fourth-order valence-corrected chi connectivity index (χ4v) is 3.20. The van der Waals surface area contributed by atoms with Crippen molar-refractivity contribution in [2.75, 3.05) is 6.61 Å². The zero-order valence-corrected chi connectivity index (χ0v) is 17.3. The third-order valence-electron chi connectivity index (χ3n) is 4.87. The van der Waals surface area contributed by atoms with Gasteiger partial charge in [0.05, 0.1) is 12.2 Å². The Morgan fingerprint density at radius 1 is 0.815 bits per heavy atom. The van der Waals surface area contributed by atoms with E-state index in [1.54, 1.807) is 12.1 Å². The fourth-order valence-electron chi connectivity index (χ4n) is 3.20. The van der Waals surface area contributed by atoms with Crippen molar-refractivity contribution < 1.29 is 14.6 Å².